The Kier molecular flexibility index (Phi) is 3.78. The summed E-state index contributed by atoms with van der Waals surface area (Å²) in [5.74, 6) is 0.517. The molecule has 0 aliphatic heterocycles. The summed E-state index contributed by atoms with van der Waals surface area (Å²) in [5, 5.41) is 0. The number of rotatable bonds is 3. The van der Waals surface area contributed by atoms with Gasteiger partial charge in [0.25, 0.3) is 0 Å². The first-order valence-electron chi connectivity index (χ1n) is 5.19. The third kappa shape index (κ3) is 2.85. The number of aromatic nitrogens is 2. The molecule has 88 valence electrons. The van der Waals surface area contributed by atoms with Crippen LogP contribution in [0.3, 0.4) is 0 Å². The molecule has 1 aromatic carbocycles. The molecule has 2 rings (SSSR count). The molecular weight excluding hydrogens is 327 g/mol. The lowest BCUT2D eigenvalue weighted by atomic mass is 10.2. The monoisotopic (exact) mass is 340 g/mol. The molecule has 0 radical (unpaired) electrons. The van der Waals surface area contributed by atoms with Crippen molar-refractivity contribution < 1.29 is 0 Å². The molecule has 0 aliphatic rings. The summed E-state index contributed by atoms with van der Waals surface area (Å²) in [5.41, 5.74) is 8.00. The van der Waals surface area contributed by atoms with Gasteiger partial charge in [-0.1, -0.05) is 30.3 Å². The average Bonchev–Trinajstić information content (AvgIpc) is 2.30. The van der Waals surface area contributed by atoms with E-state index in [-0.39, 0.29) is 0 Å². The lowest BCUT2D eigenvalue weighted by Gasteiger charge is -2.21. The van der Waals surface area contributed by atoms with Crippen LogP contribution in [0.15, 0.2) is 36.7 Å². The third-order valence-corrected chi connectivity index (χ3v) is 3.24. The Morgan fingerprint density at radius 3 is 2.59 bits per heavy atom. The van der Waals surface area contributed by atoms with E-state index in [1.54, 1.807) is 0 Å². The van der Waals surface area contributed by atoms with Gasteiger partial charge in [0.15, 0.2) is 5.82 Å². The Morgan fingerprint density at radius 2 is 1.94 bits per heavy atom. The number of nitrogens with zero attached hydrogens (tertiary/aromatic N) is 3. The van der Waals surface area contributed by atoms with Crippen LogP contribution in [0.25, 0.3) is 0 Å². The van der Waals surface area contributed by atoms with E-state index in [1.807, 2.05) is 25.2 Å². The van der Waals surface area contributed by atoms with Crippen molar-refractivity contribution in [2.24, 2.45) is 0 Å². The van der Waals surface area contributed by atoms with Crippen molar-refractivity contribution >= 4 is 34.1 Å². The molecule has 0 spiro atoms. The van der Waals surface area contributed by atoms with Crippen molar-refractivity contribution in [2.75, 3.05) is 17.7 Å². The highest BCUT2D eigenvalue weighted by Crippen LogP contribution is 2.25. The van der Waals surface area contributed by atoms with Gasteiger partial charge in [-0.25, -0.2) is 9.97 Å². The van der Waals surface area contributed by atoms with Crippen LogP contribution >= 0.6 is 22.6 Å². The maximum Gasteiger partial charge on any atom is 0.151 e. The Morgan fingerprint density at radius 1 is 1.24 bits per heavy atom. The number of halogens is 1. The maximum absolute atomic E-state index is 5.88. The topological polar surface area (TPSA) is 55.0 Å². The molecule has 0 atom stereocenters. The second-order valence-electron chi connectivity index (χ2n) is 3.74. The van der Waals surface area contributed by atoms with E-state index >= 15 is 0 Å². The summed E-state index contributed by atoms with van der Waals surface area (Å²) in [6.45, 7) is 0.786. The fourth-order valence-electron chi connectivity index (χ4n) is 1.66. The summed E-state index contributed by atoms with van der Waals surface area (Å²) in [4.78, 5) is 10.2. The average molecular weight is 340 g/mol. The first-order valence-corrected chi connectivity index (χ1v) is 6.27. The predicted octanol–water partition coefficient (Wildman–Crippen LogP) is 2.30. The van der Waals surface area contributed by atoms with Crippen molar-refractivity contribution in [2.45, 2.75) is 6.54 Å². The molecule has 4 nitrogen and oxygen atoms in total. The smallest absolute Gasteiger partial charge is 0.151 e. The van der Waals surface area contributed by atoms with Crippen LogP contribution < -0.4 is 10.6 Å². The van der Waals surface area contributed by atoms with Crippen LogP contribution in [0.2, 0.25) is 0 Å². The summed E-state index contributed by atoms with van der Waals surface area (Å²) in [6, 6.07) is 10.2. The van der Waals surface area contributed by atoms with Gasteiger partial charge in [-0.3, -0.25) is 0 Å². The highest BCUT2D eigenvalue weighted by Gasteiger charge is 2.11. The van der Waals surface area contributed by atoms with E-state index in [4.69, 9.17) is 5.73 Å². The van der Waals surface area contributed by atoms with Gasteiger partial charge in [0.2, 0.25) is 0 Å². The van der Waals surface area contributed by atoms with Crippen LogP contribution in [0, 0.1) is 3.70 Å². The molecule has 17 heavy (non-hydrogen) atoms. The quantitative estimate of drug-likeness (QED) is 0.688. The van der Waals surface area contributed by atoms with Gasteiger partial charge in [0.05, 0.1) is 0 Å². The fraction of sp³-hybridized carbons (Fsp3) is 0.167. The van der Waals surface area contributed by atoms with Gasteiger partial charge in [-0.2, -0.15) is 0 Å². The minimum atomic E-state index is 0.517. The minimum absolute atomic E-state index is 0.517. The van der Waals surface area contributed by atoms with Crippen molar-refractivity contribution in [3.05, 3.63) is 45.9 Å². The zero-order valence-corrected chi connectivity index (χ0v) is 11.6. The van der Waals surface area contributed by atoms with Crippen molar-refractivity contribution in [1.82, 2.24) is 9.97 Å². The van der Waals surface area contributed by atoms with Crippen LogP contribution in [0.4, 0.5) is 11.5 Å². The normalized spacial score (nSPS) is 10.2. The van der Waals surface area contributed by atoms with Crippen LogP contribution in [0.1, 0.15) is 5.56 Å². The van der Waals surface area contributed by atoms with Gasteiger partial charge in [-0.15, -0.1) is 0 Å². The molecule has 0 fully saturated rings. The molecule has 0 saturated heterocycles. The first-order chi connectivity index (χ1) is 8.18. The van der Waals surface area contributed by atoms with Crippen molar-refractivity contribution in [1.29, 1.82) is 0 Å². The molecule has 0 aliphatic carbocycles. The number of hydrogen-bond acceptors (Lipinski definition) is 4. The van der Waals surface area contributed by atoms with E-state index < -0.39 is 0 Å². The van der Waals surface area contributed by atoms with Gasteiger partial charge < -0.3 is 10.6 Å². The summed E-state index contributed by atoms with van der Waals surface area (Å²) in [7, 11) is 1.99. The van der Waals surface area contributed by atoms with Gasteiger partial charge >= 0.3 is 0 Å². The molecule has 0 amide bonds. The van der Waals surface area contributed by atoms with E-state index in [1.165, 1.54) is 11.9 Å². The van der Waals surface area contributed by atoms with Crippen LogP contribution in [-0.4, -0.2) is 17.0 Å². The molecule has 0 saturated carbocycles. The third-order valence-electron chi connectivity index (χ3n) is 2.45. The highest BCUT2D eigenvalue weighted by molar-refractivity contribution is 14.1. The molecule has 1 heterocycles. The van der Waals surface area contributed by atoms with Crippen LogP contribution in [-0.2, 0) is 6.54 Å². The Hall–Kier alpha value is -1.37. The van der Waals surface area contributed by atoms with Crippen molar-refractivity contribution in [3.63, 3.8) is 0 Å². The number of hydrogen-bond donors (Lipinski definition) is 1. The van der Waals surface area contributed by atoms with E-state index in [0.717, 1.165) is 15.9 Å². The Labute approximate surface area is 114 Å². The maximum atomic E-state index is 5.88. The van der Waals surface area contributed by atoms with E-state index in [2.05, 4.69) is 49.6 Å². The minimum Gasteiger partial charge on any atom is -0.382 e. The molecule has 2 N–H and O–H groups in total. The second kappa shape index (κ2) is 5.31. The van der Waals surface area contributed by atoms with Crippen molar-refractivity contribution in [3.8, 4) is 0 Å². The Bertz CT molecular complexity index is 481. The fourth-order valence-corrected chi connectivity index (χ4v) is 2.47. The first kappa shape index (κ1) is 12.1. The predicted molar refractivity (Wildman–Crippen MR) is 77.7 cm³/mol. The molecule has 0 bridgehead atoms. The SMILES string of the molecule is CN(Cc1ccccc1)c1c(N)ncnc1I. The van der Waals surface area contributed by atoms with Gasteiger partial charge in [0, 0.05) is 13.6 Å². The molecular formula is C12H13IN4. The summed E-state index contributed by atoms with van der Waals surface area (Å²) in [6.07, 6.45) is 1.48. The molecule has 5 heteroatoms. The van der Waals surface area contributed by atoms with E-state index in [0.29, 0.717) is 5.82 Å². The Balaban J connectivity index is 2.23. The number of anilines is 2. The standard InChI is InChI=1S/C12H13IN4/c1-17(7-9-5-3-2-4-6-9)10-11(13)15-8-16-12(10)14/h2-6,8H,7H2,1H3,(H2,14,15,16). The number of benzene rings is 1. The zero-order chi connectivity index (χ0) is 12.3. The second-order valence-corrected chi connectivity index (χ2v) is 4.76. The number of nitrogens with two attached hydrogens (primary N) is 1. The molecule has 2 aromatic rings. The largest absolute Gasteiger partial charge is 0.382 e. The van der Waals surface area contributed by atoms with Crippen LogP contribution in [0.5, 0.6) is 0 Å². The summed E-state index contributed by atoms with van der Waals surface area (Å²) >= 11 is 2.17. The lowest BCUT2D eigenvalue weighted by molar-refractivity contribution is 0.905. The zero-order valence-electron chi connectivity index (χ0n) is 9.47. The van der Waals surface area contributed by atoms with Gasteiger partial charge in [-0.05, 0) is 28.2 Å². The number of nitrogen functional groups attached to an aromatic ring is 1. The molecule has 1 aromatic heterocycles. The lowest BCUT2D eigenvalue weighted by Crippen LogP contribution is -2.20. The molecule has 0 unspecified atom stereocenters. The van der Waals surface area contributed by atoms with E-state index in [9.17, 15) is 0 Å². The van der Waals surface area contributed by atoms with Gasteiger partial charge in [0.1, 0.15) is 15.7 Å². The summed E-state index contributed by atoms with van der Waals surface area (Å²) < 4.78 is 0.869. The highest BCUT2D eigenvalue weighted by atomic mass is 127.